The minimum atomic E-state index is -4.01. The van der Waals surface area contributed by atoms with E-state index in [9.17, 15) is 27.9 Å². The third kappa shape index (κ3) is 6.58. The molecule has 5 heterocycles. The van der Waals surface area contributed by atoms with Gasteiger partial charge in [-0.15, -0.1) is 0 Å². The highest BCUT2D eigenvalue weighted by atomic mass is 32.2. The molecule has 4 amide bonds. The molecule has 59 heavy (non-hydrogen) atoms. The Hall–Kier alpha value is -4.60. The van der Waals surface area contributed by atoms with Gasteiger partial charge >= 0.3 is 6.09 Å². The van der Waals surface area contributed by atoms with E-state index in [1.807, 2.05) is 24.3 Å². The molecule has 8 aliphatic rings. The number of aromatic nitrogens is 1. The first-order chi connectivity index (χ1) is 28.3. The van der Waals surface area contributed by atoms with Crippen LogP contribution in [0.2, 0.25) is 0 Å². The molecule has 4 aliphatic heterocycles. The zero-order valence-corrected chi connectivity index (χ0v) is 34.3. The van der Waals surface area contributed by atoms with Crippen LogP contribution in [0, 0.1) is 5.92 Å². The van der Waals surface area contributed by atoms with E-state index >= 15 is 4.79 Å². The van der Waals surface area contributed by atoms with Gasteiger partial charge in [-0.25, -0.2) is 18.2 Å². The minimum Gasteiger partial charge on any atom is -0.483 e. The average molecular weight is 832 g/mol. The van der Waals surface area contributed by atoms with E-state index in [1.54, 1.807) is 6.92 Å². The summed E-state index contributed by atoms with van der Waals surface area (Å²) in [6.07, 6.45) is 13.1. The van der Waals surface area contributed by atoms with Gasteiger partial charge in [0.05, 0.1) is 27.9 Å². The lowest BCUT2D eigenvalue weighted by atomic mass is 9.86. The molecule has 0 bridgehead atoms. The summed E-state index contributed by atoms with van der Waals surface area (Å²) >= 11 is 0. The molecule has 1 aromatic carbocycles. The van der Waals surface area contributed by atoms with E-state index in [1.165, 1.54) is 9.80 Å². The number of hydrogen-bond donors (Lipinski definition) is 3. The van der Waals surface area contributed by atoms with Crippen LogP contribution in [-0.2, 0) is 30.8 Å². The first kappa shape index (κ1) is 38.6. The normalized spacial score (nSPS) is 31.9. The molecular formula is C43H53N5O10S. The van der Waals surface area contributed by atoms with E-state index in [0.29, 0.717) is 75.0 Å². The first-order valence-corrected chi connectivity index (χ1v) is 23.1. The highest BCUT2D eigenvalue weighted by molar-refractivity contribution is 7.91. The zero-order valence-electron chi connectivity index (χ0n) is 33.5. The fraction of sp³-hybridized carbons (Fsp3) is 0.651. The Morgan fingerprint density at radius 2 is 1.76 bits per heavy atom. The van der Waals surface area contributed by atoms with Crippen LogP contribution in [0.25, 0.3) is 10.9 Å². The number of carboxylic acid groups (broad SMARTS) is 1. The Bertz CT molecular complexity index is 2270. The number of allylic oxidation sites excluding steroid dienone is 1. The number of nitrogens with zero attached hydrogens (tertiary/aromatic N) is 3. The highest BCUT2D eigenvalue weighted by Crippen LogP contribution is 2.54. The fourth-order valence-electron chi connectivity index (χ4n) is 10.5. The summed E-state index contributed by atoms with van der Waals surface area (Å²) in [5.74, 6) is -0.160. The van der Waals surface area contributed by atoms with Gasteiger partial charge in [-0.1, -0.05) is 37.8 Å². The van der Waals surface area contributed by atoms with Crippen molar-refractivity contribution in [2.75, 3.05) is 13.3 Å². The Morgan fingerprint density at radius 1 is 0.983 bits per heavy atom. The number of sulfonamides is 1. The summed E-state index contributed by atoms with van der Waals surface area (Å²) < 4.78 is 46.7. The Morgan fingerprint density at radius 3 is 2.51 bits per heavy atom. The van der Waals surface area contributed by atoms with Gasteiger partial charge in [-0.3, -0.25) is 24.0 Å². The van der Waals surface area contributed by atoms with Crippen molar-refractivity contribution in [3.05, 3.63) is 35.5 Å². The summed E-state index contributed by atoms with van der Waals surface area (Å²) in [7, 11) is -4.01. The summed E-state index contributed by atoms with van der Waals surface area (Å²) in [4.78, 5) is 65.4. The van der Waals surface area contributed by atoms with E-state index in [-0.39, 0.29) is 38.1 Å². The molecule has 1 aromatic heterocycles. The van der Waals surface area contributed by atoms with Gasteiger partial charge in [-0.2, -0.15) is 0 Å². The number of pyridine rings is 1. The lowest BCUT2D eigenvalue weighted by molar-refractivity contribution is -0.144. The monoisotopic (exact) mass is 831 g/mol. The summed E-state index contributed by atoms with van der Waals surface area (Å²) in [6.45, 7) is 1.73. The first-order valence-electron chi connectivity index (χ1n) is 21.6. The van der Waals surface area contributed by atoms with Crippen molar-refractivity contribution in [1.82, 2.24) is 24.8 Å². The molecule has 1 saturated heterocycles. The second kappa shape index (κ2) is 14.0. The quantitative estimate of drug-likeness (QED) is 0.325. The van der Waals surface area contributed by atoms with Crippen molar-refractivity contribution in [2.24, 2.45) is 5.92 Å². The van der Waals surface area contributed by atoms with Gasteiger partial charge in [0.15, 0.2) is 11.5 Å². The van der Waals surface area contributed by atoms with E-state index in [0.717, 1.165) is 60.7 Å². The van der Waals surface area contributed by atoms with Crippen molar-refractivity contribution >= 4 is 44.7 Å². The number of rotatable bonds is 6. The second-order valence-corrected chi connectivity index (χ2v) is 20.8. The van der Waals surface area contributed by atoms with Crippen LogP contribution in [0.1, 0.15) is 127 Å². The number of benzene rings is 1. The molecular weight excluding hydrogens is 779 g/mol. The molecule has 5 atom stereocenters. The van der Waals surface area contributed by atoms with E-state index < -0.39 is 67.7 Å². The number of amides is 4. The number of aryl methyl sites for hydroxylation is 1. The lowest BCUT2D eigenvalue weighted by Crippen LogP contribution is -2.59. The van der Waals surface area contributed by atoms with Crippen molar-refractivity contribution < 1.29 is 46.9 Å². The van der Waals surface area contributed by atoms with Gasteiger partial charge < -0.3 is 29.5 Å². The van der Waals surface area contributed by atoms with E-state index in [4.69, 9.17) is 19.2 Å². The average Bonchev–Trinajstić information content (AvgIpc) is 4.15. The van der Waals surface area contributed by atoms with Gasteiger partial charge in [0.2, 0.25) is 28.6 Å². The molecule has 10 rings (SSSR count). The highest BCUT2D eigenvalue weighted by Gasteiger charge is 2.64. The lowest BCUT2D eigenvalue weighted by Gasteiger charge is -2.38. The second-order valence-electron chi connectivity index (χ2n) is 18.6. The summed E-state index contributed by atoms with van der Waals surface area (Å²) in [5.41, 5.74) is 0.0298. The van der Waals surface area contributed by atoms with E-state index in [2.05, 4.69) is 10.0 Å². The number of ether oxygens (including phenoxy) is 3. The van der Waals surface area contributed by atoms with Gasteiger partial charge in [0.1, 0.15) is 29.0 Å². The molecule has 4 aliphatic carbocycles. The van der Waals surface area contributed by atoms with Gasteiger partial charge in [0.25, 0.3) is 5.91 Å². The Kier molecular flexibility index (Phi) is 9.15. The maximum absolute atomic E-state index is 15.3. The molecule has 2 aromatic rings. The number of hydrogen-bond acceptors (Lipinski definition) is 10. The summed E-state index contributed by atoms with van der Waals surface area (Å²) in [5, 5.41) is 14.5. The molecule has 3 N–H and O–H groups in total. The molecule has 15 nitrogen and oxygen atoms in total. The van der Waals surface area contributed by atoms with Crippen molar-refractivity contribution in [1.29, 1.82) is 0 Å². The predicted octanol–water partition coefficient (Wildman–Crippen LogP) is 5.19. The van der Waals surface area contributed by atoms with Gasteiger partial charge in [0, 0.05) is 29.9 Å². The number of fused-ring (bicyclic) bond motifs is 7. The van der Waals surface area contributed by atoms with Crippen LogP contribution in [-0.4, -0.2) is 99.5 Å². The maximum atomic E-state index is 15.3. The van der Waals surface area contributed by atoms with Crippen LogP contribution in [0.5, 0.6) is 17.2 Å². The van der Waals surface area contributed by atoms with Crippen LogP contribution in [0.15, 0.2) is 24.3 Å². The van der Waals surface area contributed by atoms with Crippen molar-refractivity contribution in [2.45, 2.75) is 156 Å². The summed E-state index contributed by atoms with van der Waals surface area (Å²) in [6, 6.07) is 1.37. The van der Waals surface area contributed by atoms with Crippen LogP contribution < -0.4 is 24.2 Å². The molecule has 0 radical (unpaired) electrons. The minimum absolute atomic E-state index is 0.0297. The Balaban J connectivity index is 1.04. The van der Waals surface area contributed by atoms with Crippen LogP contribution in [0.4, 0.5) is 4.79 Å². The molecule has 316 valence electrons. The van der Waals surface area contributed by atoms with Crippen LogP contribution in [0.3, 0.4) is 0 Å². The predicted molar refractivity (Wildman–Crippen MR) is 213 cm³/mol. The van der Waals surface area contributed by atoms with Crippen molar-refractivity contribution in [3.8, 4) is 17.2 Å². The molecule has 0 unspecified atom stereocenters. The molecule has 16 heteroatoms. The number of nitrogens with one attached hydrogen (secondary N) is 2. The smallest absolute Gasteiger partial charge is 0.408 e. The standard InChI is InChI=1S/C43H53N5O10S/c1-41(19-20-41)59(54,55)46-39(51)43-21-26(43)9-5-3-2-4-6-12-30(48(40(52)53)27-10-7-8-11-27)38(50)47-23-42(22-31(47)37(49)45-43)18-17-28-33-29(15-16-32-36(33)57-24-56-32)44-34(25-13-14-25)35(28)58-42/h5,9,15-16,25-27,30-31H,2-4,6-8,10-14,17-24H2,1H3,(H,45,49)(H,46,51)(H,52,53)/b9-5-/t26-,30+,31+,42-,43-/m1/s1. The molecule has 1 spiro atoms. The van der Waals surface area contributed by atoms with Crippen molar-refractivity contribution in [3.63, 3.8) is 0 Å². The maximum Gasteiger partial charge on any atom is 0.408 e. The van der Waals surface area contributed by atoms with Crippen LogP contribution >= 0.6 is 0 Å². The number of carbonyl (C=O) groups excluding carboxylic acids is 3. The largest absolute Gasteiger partial charge is 0.483 e. The molecule has 4 saturated carbocycles. The third-order valence-electron chi connectivity index (χ3n) is 14.5. The topological polar surface area (TPSA) is 194 Å². The fourth-order valence-corrected chi connectivity index (χ4v) is 11.8. The molecule has 5 fully saturated rings. The Labute approximate surface area is 343 Å². The zero-order chi connectivity index (χ0) is 40.9. The third-order valence-corrected chi connectivity index (χ3v) is 16.7. The SMILES string of the molecule is CC1(S(=O)(=O)NC(=O)[C@@]23C[C@H]2/C=C\CCCCC[C@H](N(C(=O)O)C2CCCC2)C(=O)N2C[C@@]4(CCc5c(c(C6CC6)nc6ccc7c(c56)OCO7)O4)C[C@H]2C(=O)N3)CC1. The van der Waals surface area contributed by atoms with Gasteiger partial charge in [-0.05, 0) is 96.1 Å². The number of carbonyl (C=O) groups is 4.